The number of hydrogen-bond donors (Lipinski definition) is 2. The summed E-state index contributed by atoms with van der Waals surface area (Å²) in [4.78, 5) is 34.9. The van der Waals surface area contributed by atoms with Crippen molar-refractivity contribution in [3.63, 3.8) is 0 Å². The van der Waals surface area contributed by atoms with E-state index >= 15 is 0 Å². The van der Waals surface area contributed by atoms with Gasteiger partial charge in [0, 0.05) is 6.54 Å². The van der Waals surface area contributed by atoms with Crippen molar-refractivity contribution in [1.29, 1.82) is 0 Å². The number of furan rings is 1. The highest BCUT2D eigenvalue weighted by atomic mass is 16.5. The number of carbonyl (C=O) groups excluding carboxylic acids is 3. The number of hydrogen-bond acceptors (Lipinski definition) is 5. The first-order valence-corrected chi connectivity index (χ1v) is 8.78. The highest BCUT2D eigenvalue weighted by Gasteiger charge is 2.12. The van der Waals surface area contributed by atoms with Crippen LogP contribution in [0.2, 0.25) is 0 Å². The molecule has 0 aliphatic rings. The molecule has 0 aliphatic carbocycles. The Morgan fingerprint density at radius 2 is 1.81 bits per heavy atom. The highest BCUT2D eigenvalue weighted by Crippen LogP contribution is 2.14. The summed E-state index contributed by atoms with van der Waals surface area (Å²) in [7, 11) is 0. The van der Waals surface area contributed by atoms with Crippen LogP contribution in [0.3, 0.4) is 0 Å². The van der Waals surface area contributed by atoms with Gasteiger partial charge >= 0.3 is 5.97 Å². The molecule has 2 aromatic rings. The molecule has 0 saturated carbocycles. The normalized spacial score (nSPS) is 10.5. The number of amides is 2. The van der Waals surface area contributed by atoms with Crippen LogP contribution in [0.5, 0.6) is 0 Å². The van der Waals surface area contributed by atoms with Crippen LogP contribution in [-0.2, 0) is 20.7 Å². The molecule has 7 heteroatoms. The molecule has 2 N–H and O–H groups in total. The molecule has 1 heterocycles. The van der Waals surface area contributed by atoms with Crippen LogP contribution in [0.15, 0.2) is 47.1 Å². The van der Waals surface area contributed by atoms with E-state index in [0.29, 0.717) is 18.9 Å². The third-order valence-electron chi connectivity index (χ3n) is 3.88. The molecule has 27 heavy (non-hydrogen) atoms. The molecule has 1 aromatic heterocycles. The minimum atomic E-state index is -0.700. The topological polar surface area (TPSA) is 97.6 Å². The number of ether oxygens (including phenoxy) is 1. The fourth-order valence-electron chi connectivity index (χ4n) is 2.31. The quantitative estimate of drug-likeness (QED) is 0.657. The lowest BCUT2D eigenvalue weighted by molar-refractivity contribution is -0.147. The predicted octanol–water partition coefficient (Wildman–Crippen LogP) is 2.03. The zero-order valence-electron chi connectivity index (χ0n) is 15.5. The van der Waals surface area contributed by atoms with Crippen LogP contribution in [0.1, 0.15) is 41.4 Å². The maximum Gasteiger partial charge on any atom is 0.325 e. The highest BCUT2D eigenvalue weighted by molar-refractivity contribution is 5.93. The van der Waals surface area contributed by atoms with E-state index < -0.39 is 11.9 Å². The maximum atomic E-state index is 11.7. The van der Waals surface area contributed by atoms with E-state index in [0.717, 1.165) is 5.56 Å². The van der Waals surface area contributed by atoms with Crippen LogP contribution in [0.4, 0.5) is 0 Å². The monoisotopic (exact) mass is 372 g/mol. The zero-order chi connectivity index (χ0) is 19.6. The second kappa shape index (κ2) is 10.2. The molecule has 0 bridgehead atoms. The van der Waals surface area contributed by atoms with Crippen molar-refractivity contribution >= 4 is 17.8 Å². The van der Waals surface area contributed by atoms with E-state index in [1.165, 1.54) is 17.9 Å². The van der Waals surface area contributed by atoms with Crippen LogP contribution in [0.25, 0.3) is 0 Å². The molecule has 1 aromatic carbocycles. The summed E-state index contributed by atoms with van der Waals surface area (Å²) in [6.07, 6.45) is 2.05. The Labute approximate surface area is 158 Å². The molecule has 0 unspecified atom stereocenters. The standard InChI is InChI=1S/C20H24N2O5/c1-14(2)16-7-5-15(6-8-16)9-10-21-18(23)13-27-19(24)12-22-20(25)17-4-3-11-26-17/h3-8,11,14H,9-10,12-13H2,1-2H3,(H,21,23)(H,22,25). The van der Waals surface area contributed by atoms with Gasteiger partial charge in [-0.05, 0) is 35.6 Å². The number of benzene rings is 1. The summed E-state index contributed by atoms with van der Waals surface area (Å²) in [6, 6.07) is 11.3. The predicted molar refractivity (Wildman–Crippen MR) is 99.2 cm³/mol. The van der Waals surface area contributed by atoms with Crippen molar-refractivity contribution < 1.29 is 23.5 Å². The van der Waals surface area contributed by atoms with E-state index in [2.05, 4.69) is 36.6 Å². The van der Waals surface area contributed by atoms with Crippen LogP contribution >= 0.6 is 0 Å². The Bertz CT molecular complexity index is 751. The smallest absolute Gasteiger partial charge is 0.325 e. The molecule has 144 valence electrons. The van der Waals surface area contributed by atoms with Gasteiger partial charge in [-0.15, -0.1) is 0 Å². The van der Waals surface area contributed by atoms with Crippen molar-refractivity contribution in [3.05, 3.63) is 59.5 Å². The first-order valence-electron chi connectivity index (χ1n) is 8.78. The van der Waals surface area contributed by atoms with Gasteiger partial charge in [-0.25, -0.2) is 0 Å². The molecule has 7 nitrogen and oxygen atoms in total. The first-order chi connectivity index (χ1) is 13.0. The number of nitrogens with one attached hydrogen (secondary N) is 2. The summed E-state index contributed by atoms with van der Waals surface area (Å²) in [5.41, 5.74) is 2.39. The third kappa shape index (κ3) is 6.97. The van der Waals surface area contributed by atoms with E-state index in [9.17, 15) is 14.4 Å². The van der Waals surface area contributed by atoms with Crippen LogP contribution in [0, 0.1) is 0 Å². The molecule has 2 amide bonds. The van der Waals surface area contributed by atoms with Gasteiger partial charge in [-0.3, -0.25) is 14.4 Å². The van der Waals surface area contributed by atoms with Crippen molar-refractivity contribution in [2.45, 2.75) is 26.2 Å². The zero-order valence-corrected chi connectivity index (χ0v) is 15.5. The number of carbonyl (C=O) groups is 3. The van der Waals surface area contributed by atoms with Gasteiger partial charge in [-0.2, -0.15) is 0 Å². The summed E-state index contributed by atoms with van der Waals surface area (Å²) in [6.45, 7) is 4.00. The average molecular weight is 372 g/mol. The Morgan fingerprint density at radius 1 is 1.07 bits per heavy atom. The van der Waals surface area contributed by atoms with Gasteiger partial charge in [-0.1, -0.05) is 38.1 Å². The second-order valence-electron chi connectivity index (χ2n) is 6.32. The molecule has 0 radical (unpaired) electrons. The fraction of sp³-hybridized carbons (Fsp3) is 0.350. The van der Waals surface area contributed by atoms with Crippen molar-refractivity contribution in [1.82, 2.24) is 10.6 Å². The second-order valence-corrected chi connectivity index (χ2v) is 6.32. The maximum absolute atomic E-state index is 11.7. The molecule has 0 atom stereocenters. The Balaban J connectivity index is 1.60. The lowest BCUT2D eigenvalue weighted by Gasteiger charge is -2.09. The van der Waals surface area contributed by atoms with E-state index in [1.807, 2.05) is 12.1 Å². The first kappa shape index (κ1) is 20.2. The third-order valence-corrected chi connectivity index (χ3v) is 3.88. The van der Waals surface area contributed by atoms with E-state index in [1.54, 1.807) is 6.07 Å². The fourth-order valence-corrected chi connectivity index (χ4v) is 2.31. The van der Waals surface area contributed by atoms with Crippen molar-refractivity contribution in [2.75, 3.05) is 19.7 Å². The van der Waals surface area contributed by atoms with Gasteiger partial charge < -0.3 is 19.8 Å². The van der Waals surface area contributed by atoms with Gasteiger partial charge in [0.05, 0.1) is 6.26 Å². The lowest BCUT2D eigenvalue weighted by Crippen LogP contribution is -2.34. The van der Waals surface area contributed by atoms with Gasteiger partial charge in [0.1, 0.15) is 6.54 Å². The Hall–Kier alpha value is -3.09. The van der Waals surface area contributed by atoms with Gasteiger partial charge in [0.25, 0.3) is 11.8 Å². The molecular formula is C20H24N2O5. The van der Waals surface area contributed by atoms with E-state index in [-0.39, 0.29) is 24.8 Å². The minimum absolute atomic E-state index is 0.0990. The Kier molecular flexibility index (Phi) is 7.61. The molecule has 0 saturated heterocycles. The van der Waals surface area contributed by atoms with Gasteiger partial charge in [0.15, 0.2) is 12.4 Å². The minimum Gasteiger partial charge on any atom is -0.459 e. The summed E-state index contributed by atoms with van der Waals surface area (Å²) in [5.74, 6) is -1.03. The summed E-state index contributed by atoms with van der Waals surface area (Å²) in [5, 5.41) is 5.04. The van der Waals surface area contributed by atoms with Crippen LogP contribution < -0.4 is 10.6 Å². The largest absolute Gasteiger partial charge is 0.459 e. The molecule has 0 spiro atoms. The van der Waals surface area contributed by atoms with Crippen molar-refractivity contribution in [3.8, 4) is 0 Å². The SMILES string of the molecule is CC(C)c1ccc(CCNC(=O)COC(=O)CNC(=O)c2ccco2)cc1. The van der Waals surface area contributed by atoms with E-state index in [4.69, 9.17) is 9.15 Å². The molecular weight excluding hydrogens is 348 g/mol. The lowest BCUT2D eigenvalue weighted by atomic mass is 10.0. The number of rotatable bonds is 9. The summed E-state index contributed by atoms with van der Waals surface area (Å²) >= 11 is 0. The van der Waals surface area contributed by atoms with Gasteiger partial charge in [0.2, 0.25) is 0 Å². The summed E-state index contributed by atoms with van der Waals surface area (Å²) < 4.78 is 9.72. The molecule has 0 aliphatic heterocycles. The molecule has 0 fully saturated rings. The number of esters is 1. The van der Waals surface area contributed by atoms with Crippen molar-refractivity contribution in [2.24, 2.45) is 0 Å². The molecule has 2 rings (SSSR count). The Morgan fingerprint density at radius 3 is 2.44 bits per heavy atom. The average Bonchev–Trinajstić information content (AvgIpc) is 3.19. The van der Waals surface area contributed by atoms with Crippen LogP contribution in [-0.4, -0.2) is 37.5 Å².